The van der Waals surface area contributed by atoms with Gasteiger partial charge >= 0.3 is 0 Å². The molecule has 0 spiro atoms. The molecule has 1 aliphatic carbocycles. The van der Waals surface area contributed by atoms with Gasteiger partial charge in [0, 0.05) is 26.1 Å². The van der Waals surface area contributed by atoms with E-state index in [1.54, 1.807) is 10.9 Å². The van der Waals surface area contributed by atoms with E-state index >= 15 is 0 Å². The van der Waals surface area contributed by atoms with Crippen molar-refractivity contribution in [2.45, 2.75) is 62.2 Å². The Bertz CT molecular complexity index is 583. The second kappa shape index (κ2) is 8.00. The maximum atomic E-state index is 12.3. The molecule has 1 aromatic heterocycles. The summed E-state index contributed by atoms with van der Waals surface area (Å²) in [6.45, 7) is 0.657. The molecule has 24 heavy (non-hydrogen) atoms. The number of carbonyl (C=O) groups is 2. The highest BCUT2D eigenvalue weighted by Gasteiger charge is 2.35. The van der Waals surface area contributed by atoms with E-state index in [4.69, 9.17) is 0 Å². The summed E-state index contributed by atoms with van der Waals surface area (Å²) in [5.74, 6) is 0.428. The van der Waals surface area contributed by atoms with Gasteiger partial charge in [-0.15, -0.1) is 10.2 Å². The van der Waals surface area contributed by atoms with Crippen molar-refractivity contribution in [3.05, 3.63) is 6.33 Å². The Morgan fingerprint density at radius 3 is 2.75 bits per heavy atom. The van der Waals surface area contributed by atoms with E-state index in [2.05, 4.69) is 15.5 Å². The van der Waals surface area contributed by atoms with Gasteiger partial charge in [0.05, 0.1) is 11.8 Å². The number of hydrogen-bond acceptors (Lipinski definition) is 5. The Hall–Kier alpha value is -1.57. The summed E-state index contributed by atoms with van der Waals surface area (Å²) < 4.78 is 1.78. The first-order chi connectivity index (χ1) is 11.6. The molecular weight excluding hydrogens is 326 g/mol. The lowest BCUT2D eigenvalue weighted by Gasteiger charge is -2.27. The second-order valence-electron chi connectivity index (χ2n) is 6.67. The van der Waals surface area contributed by atoms with Gasteiger partial charge in [-0.2, -0.15) is 0 Å². The molecule has 0 bridgehead atoms. The van der Waals surface area contributed by atoms with Gasteiger partial charge in [-0.1, -0.05) is 37.4 Å². The Balaban J connectivity index is 1.46. The second-order valence-corrected chi connectivity index (χ2v) is 7.62. The number of rotatable bonds is 5. The minimum atomic E-state index is -0.0617. The van der Waals surface area contributed by atoms with Gasteiger partial charge < -0.3 is 14.8 Å². The van der Waals surface area contributed by atoms with Gasteiger partial charge in [0.15, 0.2) is 5.16 Å². The highest BCUT2D eigenvalue weighted by molar-refractivity contribution is 7.99. The van der Waals surface area contributed by atoms with Gasteiger partial charge in [0.25, 0.3) is 0 Å². The molecular formula is C16H25N5O2S. The quantitative estimate of drug-likeness (QED) is 0.640. The van der Waals surface area contributed by atoms with Crippen molar-refractivity contribution in [1.82, 2.24) is 25.0 Å². The Morgan fingerprint density at radius 2 is 2.08 bits per heavy atom. The summed E-state index contributed by atoms with van der Waals surface area (Å²) >= 11 is 1.36. The molecule has 1 saturated heterocycles. The van der Waals surface area contributed by atoms with Crippen molar-refractivity contribution in [3.8, 4) is 0 Å². The van der Waals surface area contributed by atoms with Crippen molar-refractivity contribution in [1.29, 1.82) is 0 Å². The largest absolute Gasteiger partial charge is 0.350 e. The van der Waals surface area contributed by atoms with Crippen molar-refractivity contribution in [2.24, 2.45) is 7.05 Å². The third-order valence-corrected chi connectivity index (χ3v) is 5.83. The number of carbonyl (C=O) groups excluding carboxylic acids is 2. The molecule has 1 aromatic rings. The molecule has 2 heterocycles. The summed E-state index contributed by atoms with van der Waals surface area (Å²) in [5, 5.41) is 11.5. The van der Waals surface area contributed by atoms with E-state index in [9.17, 15) is 9.59 Å². The fourth-order valence-electron chi connectivity index (χ4n) is 3.55. The Labute approximate surface area is 146 Å². The third-order valence-electron chi connectivity index (χ3n) is 4.79. The number of nitrogens with zero attached hydrogens (tertiary/aromatic N) is 4. The number of hydrogen-bond donors (Lipinski definition) is 1. The molecule has 0 unspecified atom stereocenters. The van der Waals surface area contributed by atoms with E-state index in [1.807, 2.05) is 11.9 Å². The summed E-state index contributed by atoms with van der Waals surface area (Å²) in [6, 6.07) is 0.309. The van der Waals surface area contributed by atoms with Crippen LogP contribution in [0.3, 0.4) is 0 Å². The standard InChI is InChI=1S/C16H25N5O2S/c1-20-11-17-19-16(20)24-10-14(22)18-12-8-15(23)21(9-12)13-6-4-2-3-5-7-13/h11-13H,2-10H2,1H3,(H,18,22)/t12-/m1/s1. The molecule has 2 amide bonds. The van der Waals surface area contributed by atoms with E-state index in [0.717, 1.165) is 12.8 Å². The maximum absolute atomic E-state index is 12.3. The summed E-state index contributed by atoms with van der Waals surface area (Å²) in [6.07, 6.45) is 9.22. The third kappa shape index (κ3) is 4.28. The minimum absolute atomic E-state index is 0.0523. The first-order valence-corrected chi connectivity index (χ1v) is 9.67. The maximum Gasteiger partial charge on any atom is 0.230 e. The van der Waals surface area contributed by atoms with Gasteiger partial charge in [-0.3, -0.25) is 9.59 Å². The number of likely N-dealkylation sites (tertiary alicyclic amines) is 1. The van der Waals surface area contributed by atoms with Crippen molar-refractivity contribution < 1.29 is 9.59 Å². The summed E-state index contributed by atoms with van der Waals surface area (Å²) in [4.78, 5) is 26.5. The molecule has 2 aliphatic rings. The van der Waals surface area contributed by atoms with Gasteiger partial charge in [-0.25, -0.2) is 0 Å². The van der Waals surface area contributed by atoms with Gasteiger partial charge in [0.1, 0.15) is 6.33 Å². The van der Waals surface area contributed by atoms with Crippen LogP contribution in [-0.4, -0.2) is 55.9 Å². The van der Waals surface area contributed by atoms with E-state index in [-0.39, 0.29) is 17.9 Å². The van der Waals surface area contributed by atoms with E-state index in [0.29, 0.717) is 29.9 Å². The van der Waals surface area contributed by atoms with Crippen LogP contribution in [0.4, 0.5) is 0 Å². The predicted octanol–water partition coefficient (Wildman–Crippen LogP) is 1.35. The van der Waals surface area contributed by atoms with E-state index in [1.165, 1.54) is 37.4 Å². The SMILES string of the molecule is Cn1cnnc1SCC(=O)N[C@@H]1CC(=O)N(C2CCCCCC2)C1. The summed E-state index contributed by atoms with van der Waals surface area (Å²) in [7, 11) is 1.85. The van der Waals surface area contributed by atoms with Crippen LogP contribution in [0.2, 0.25) is 0 Å². The average Bonchev–Trinajstić information content (AvgIpc) is 3.01. The lowest BCUT2D eigenvalue weighted by Crippen LogP contribution is -2.41. The molecule has 1 N–H and O–H groups in total. The van der Waals surface area contributed by atoms with Crippen LogP contribution >= 0.6 is 11.8 Å². The number of aryl methyl sites for hydroxylation is 1. The minimum Gasteiger partial charge on any atom is -0.350 e. The molecule has 3 rings (SSSR count). The number of aromatic nitrogens is 3. The van der Waals surface area contributed by atoms with Crippen molar-refractivity contribution in [3.63, 3.8) is 0 Å². The molecule has 8 heteroatoms. The molecule has 132 valence electrons. The van der Waals surface area contributed by atoms with Gasteiger partial charge in [0.2, 0.25) is 11.8 Å². The molecule has 1 atom stereocenters. The molecule has 0 radical (unpaired) electrons. The summed E-state index contributed by atoms with van der Waals surface area (Å²) in [5.41, 5.74) is 0. The van der Waals surface area contributed by atoms with E-state index < -0.39 is 0 Å². The van der Waals surface area contributed by atoms with Gasteiger partial charge in [-0.05, 0) is 12.8 Å². The highest BCUT2D eigenvalue weighted by Crippen LogP contribution is 2.26. The van der Waals surface area contributed by atoms with Crippen LogP contribution in [0, 0.1) is 0 Å². The number of amides is 2. The zero-order chi connectivity index (χ0) is 16.9. The Morgan fingerprint density at radius 1 is 1.33 bits per heavy atom. The van der Waals surface area contributed by atoms with Crippen LogP contribution in [0.15, 0.2) is 11.5 Å². The lowest BCUT2D eigenvalue weighted by atomic mass is 10.1. The molecule has 1 aliphatic heterocycles. The fraction of sp³-hybridized carbons (Fsp3) is 0.750. The fourth-order valence-corrected chi connectivity index (χ4v) is 4.25. The normalized spacial score (nSPS) is 22.6. The Kier molecular flexibility index (Phi) is 5.76. The smallest absolute Gasteiger partial charge is 0.230 e. The first kappa shape index (κ1) is 17.3. The van der Waals surface area contributed by atoms with Crippen LogP contribution in [0.5, 0.6) is 0 Å². The van der Waals surface area contributed by atoms with Crippen molar-refractivity contribution >= 4 is 23.6 Å². The molecule has 1 saturated carbocycles. The lowest BCUT2D eigenvalue weighted by molar-refractivity contribution is -0.129. The predicted molar refractivity (Wildman–Crippen MR) is 91.5 cm³/mol. The topological polar surface area (TPSA) is 80.1 Å². The average molecular weight is 351 g/mol. The van der Waals surface area contributed by atoms with Crippen LogP contribution in [0.25, 0.3) is 0 Å². The molecule has 0 aromatic carbocycles. The molecule has 7 nitrogen and oxygen atoms in total. The first-order valence-electron chi connectivity index (χ1n) is 8.69. The number of thioether (sulfide) groups is 1. The van der Waals surface area contributed by atoms with Crippen molar-refractivity contribution in [2.75, 3.05) is 12.3 Å². The highest BCUT2D eigenvalue weighted by atomic mass is 32.2. The number of nitrogens with one attached hydrogen (secondary N) is 1. The zero-order valence-electron chi connectivity index (χ0n) is 14.1. The zero-order valence-corrected chi connectivity index (χ0v) is 14.9. The van der Waals surface area contributed by atoms with Crippen LogP contribution in [0.1, 0.15) is 44.9 Å². The van der Waals surface area contributed by atoms with Crippen LogP contribution < -0.4 is 5.32 Å². The van der Waals surface area contributed by atoms with Crippen LogP contribution in [-0.2, 0) is 16.6 Å². The molecule has 2 fully saturated rings. The monoisotopic (exact) mass is 351 g/mol.